The highest BCUT2D eigenvalue weighted by molar-refractivity contribution is 5.77. The summed E-state index contributed by atoms with van der Waals surface area (Å²) in [6.45, 7) is 3.53. The maximum Gasteiger partial charge on any atom is 0.266 e. The van der Waals surface area contributed by atoms with Crippen molar-refractivity contribution in [3.05, 3.63) is 57.6 Å². The highest BCUT2D eigenvalue weighted by Gasteiger charge is 2.24. The number of hydrogen-bond acceptors (Lipinski definition) is 6. The lowest BCUT2D eigenvalue weighted by Gasteiger charge is -2.32. The van der Waals surface area contributed by atoms with Gasteiger partial charge in [-0.25, -0.2) is 0 Å². The van der Waals surface area contributed by atoms with Crippen LogP contribution in [0.3, 0.4) is 0 Å². The summed E-state index contributed by atoms with van der Waals surface area (Å²) in [5.41, 5.74) is 8.42. The normalized spacial score (nSPS) is 17.2. The summed E-state index contributed by atoms with van der Waals surface area (Å²) < 4.78 is 7.14. The molecule has 2 aromatic heterocycles. The predicted octanol–water partition coefficient (Wildman–Crippen LogP) is 2.15. The van der Waals surface area contributed by atoms with Gasteiger partial charge in [0.1, 0.15) is 5.39 Å². The molecule has 3 heterocycles. The average molecular weight is 363 g/mol. The Morgan fingerprint density at radius 2 is 2.22 bits per heavy atom. The van der Waals surface area contributed by atoms with Gasteiger partial charge in [0.05, 0.1) is 24.4 Å². The van der Waals surface area contributed by atoms with Gasteiger partial charge in [-0.05, 0) is 31.4 Å². The Morgan fingerprint density at radius 1 is 1.41 bits per heavy atom. The van der Waals surface area contributed by atoms with Gasteiger partial charge >= 0.3 is 0 Å². The molecule has 0 unspecified atom stereocenters. The van der Waals surface area contributed by atoms with Gasteiger partial charge in [-0.2, -0.15) is 10.2 Å². The van der Waals surface area contributed by atoms with Gasteiger partial charge in [-0.3, -0.25) is 9.36 Å². The molecular weight excluding hydrogens is 342 g/mol. The molecule has 4 rings (SSSR count). The van der Waals surface area contributed by atoms with Crippen LogP contribution in [0.2, 0.25) is 0 Å². The summed E-state index contributed by atoms with van der Waals surface area (Å²) in [7, 11) is 0. The van der Waals surface area contributed by atoms with Gasteiger partial charge in [-0.15, -0.1) is 0 Å². The number of benzene rings is 1. The average Bonchev–Trinajstić information content (AvgIpc) is 3.05. The van der Waals surface area contributed by atoms with Crippen molar-refractivity contribution < 1.29 is 4.42 Å². The van der Waals surface area contributed by atoms with Gasteiger partial charge in [-0.1, -0.05) is 18.2 Å². The molecule has 1 aromatic carbocycles. The Balaban J connectivity index is 1.89. The molecule has 3 aromatic rings. The van der Waals surface area contributed by atoms with Crippen molar-refractivity contribution in [1.82, 2.24) is 9.55 Å². The Bertz CT molecular complexity index is 1090. The first-order valence-corrected chi connectivity index (χ1v) is 9.05. The maximum absolute atomic E-state index is 13.3. The second-order valence-electron chi connectivity index (χ2n) is 7.02. The van der Waals surface area contributed by atoms with Crippen LogP contribution in [0.4, 0.5) is 5.95 Å². The van der Waals surface area contributed by atoms with Crippen LogP contribution in [0.15, 0.2) is 39.7 Å². The minimum atomic E-state index is -0.159. The van der Waals surface area contributed by atoms with Gasteiger partial charge in [0.2, 0.25) is 11.7 Å². The van der Waals surface area contributed by atoms with E-state index in [1.165, 1.54) is 0 Å². The molecule has 7 heteroatoms. The summed E-state index contributed by atoms with van der Waals surface area (Å²) >= 11 is 0. The fraction of sp³-hybridized carbons (Fsp3) is 0.350. The van der Waals surface area contributed by atoms with Crippen molar-refractivity contribution in [2.75, 3.05) is 18.0 Å². The number of piperidine rings is 1. The second kappa shape index (κ2) is 6.89. The second-order valence-corrected chi connectivity index (χ2v) is 7.02. The molecule has 2 N–H and O–H groups in total. The minimum absolute atomic E-state index is 0.0459. The molecule has 0 radical (unpaired) electrons. The van der Waals surface area contributed by atoms with E-state index < -0.39 is 0 Å². The van der Waals surface area contributed by atoms with Gasteiger partial charge < -0.3 is 15.1 Å². The SMILES string of the molecule is Cc1coc2nc(N3CCC[C@@H](N)C3)n(Cc3ccccc3C#N)c(=O)c12. The predicted molar refractivity (Wildman–Crippen MR) is 103 cm³/mol. The highest BCUT2D eigenvalue weighted by atomic mass is 16.3. The fourth-order valence-electron chi connectivity index (χ4n) is 3.66. The van der Waals surface area contributed by atoms with E-state index in [1.54, 1.807) is 16.9 Å². The number of furan rings is 1. The number of rotatable bonds is 3. The largest absolute Gasteiger partial charge is 0.446 e. The van der Waals surface area contributed by atoms with E-state index in [4.69, 9.17) is 10.2 Å². The third-order valence-electron chi connectivity index (χ3n) is 5.06. The summed E-state index contributed by atoms with van der Waals surface area (Å²) in [5.74, 6) is 0.546. The maximum atomic E-state index is 13.3. The first-order chi connectivity index (χ1) is 13.1. The zero-order valence-corrected chi connectivity index (χ0v) is 15.2. The van der Waals surface area contributed by atoms with Gasteiger partial charge in [0.25, 0.3) is 5.56 Å². The van der Waals surface area contributed by atoms with E-state index in [2.05, 4.69) is 11.1 Å². The number of anilines is 1. The smallest absolute Gasteiger partial charge is 0.266 e. The quantitative estimate of drug-likeness (QED) is 0.765. The molecule has 0 aliphatic carbocycles. The van der Waals surface area contributed by atoms with Crippen molar-refractivity contribution in [2.45, 2.75) is 32.4 Å². The molecule has 1 saturated heterocycles. The molecule has 138 valence electrons. The molecule has 1 aliphatic heterocycles. The summed E-state index contributed by atoms with van der Waals surface area (Å²) in [6, 6.07) is 9.55. The van der Waals surface area contributed by atoms with Crippen LogP contribution in [0.1, 0.15) is 29.5 Å². The lowest BCUT2D eigenvalue weighted by Crippen LogP contribution is -2.45. The Hall–Kier alpha value is -3.11. The first-order valence-electron chi connectivity index (χ1n) is 9.05. The number of fused-ring (bicyclic) bond motifs is 1. The van der Waals surface area contributed by atoms with Crippen molar-refractivity contribution in [1.29, 1.82) is 5.26 Å². The summed E-state index contributed by atoms with van der Waals surface area (Å²) in [6.07, 6.45) is 3.46. The number of aromatic nitrogens is 2. The van der Waals surface area contributed by atoms with Crippen LogP contribution in [-0.2, 0) is 6.54 Å². The van der Waals surface area contributed by atoms with E-state index in [0.29, 0.717) is 29.2 Å². The van der Waals surface area contributed by atoms with Crippen molar-refractivity contribution in [3.8, 4) is 6.07 Å². The van der Waals surface area contributed by atoms with E-state index in [1.807, 2.05) is 30.0 Å². The third-order valence-corrected chi connectivity index (χ3v) is 5.06. The van der Waals surface area contributed by atoms with Crippen molar-refractivity contribution in [2.24, 2.45) is 5.73 Å². The monoisotopic (exact) mass is 363 g/mol. The zero-order valence-electron chi connectivity index (χ0n) is 15.2. The highest BCUT2D eigenvalue weighted by Crippen LogP contribution is 2.23. The first kappa shape index (κ1) is 17.3. The number of nitriles is 1. The lowest BCUT2D eigenvalue weighted by molar-refractivity contribution is 0.490. The Morgan fingerprint density at radius 3 is 3.00 bits per heavy atom. The molecule has 1 fully saturated rings. The van der Waals surface area contributed by atoms with E-state index in [0.717, 1.165) is 30.5 Å². The molecule has 0 spiro atoms. The molecule has 0 amide bonds. The van der Waals surface area contributed by atoms with Crippen LogP contribution < -0.4 is 16.2 Å². The lowest BCUT2D eigenvalue weighted by atomic mass is 10.1. The van der Waals surface area contributed by atoms with Crippen molar-refractivity contribution in [3.63, 3.8) is 0 Å². The summed E-state index contributed by atoms with van der Waals surface area (Å²) in [5, 5.41) is 9.89. The zero-order chi connectivity index (χ0) is 19.0. The number of nitrogens with two attached hydrogens (primary N) is 1. The van der Waals surface area contributed by atoms with E-state index >= 15 is 0 Å². The van der Waals surface area contributed by atoms with Crippen LogP contribution in [0.5, 0.6) is 0 Å². The van der Waals surface area contributed by atoms with Crippen LogP contribution in [0.25, 0.3) is 11.1 Å². The van der Waals surface area contributed by atoms with Crippen LogP contribution in [0, 0.1) is 18.3 Å². The molecular formula is C20H21N5O2. The molecule has 27 heavy (non-hydrogen) atoms. The van der Waals surface area contributed by atoms with Crippen molar-refractivity contribution >= 4 is 17.0 Å². The molecule has 1 atom stereocenters. The molecule has 1 aliphatic rings. The van der Waals surface area contributed by atoms with Gasteiger partial charge in [0, 0.05) is 24.7 Å². The molecule has 0 saturated carbocycles. The Kier molecular flexibility index (Phi) is 4.42. The summed E-state index contributed by atoms with van der Waals surface area (Å²) in [4.78, 5) is 20.0. The fourth-order valence-corrected chi connectivity index (χ4v) is 3.66. The number of aryl methyl sites for hydroxylation is 1. The van der Waals surface area contributed by atoms with Crippen LogP contribution in [-0.4, -0.2) is 28.7 Å². The minimum Gasteiger partial charge on any atom is -0.446 e. The number of hydrogen-bond donors (Lipinski definition) is 1. The molecule has 0 bridgehead atoms. The van der Waals surface area contributed by atoms with Crippen LogP contribution >= 0.6 is 0 Å². The van der Waals surface area contributed by atoms with E-state index in [9.17, 15) is 10.1 Å². The van der Waals surface area contributed by atoms with Gasteiger partial charge in [0.15, 0.2) is 0 Å². The number of nitrogens with zero attached hydrogens (tertiary/aromatic N) is 4. The topological polar surface area (TPSA) is 101 Å². The standard InChI is InChI=1S/C20H21N5O2/c1-13-12-27-18-17(13)19(26)25(10-15-6-3-2-5-14(15)9-21)20(23-18)24-8-4-7-16(22)11-24/h2-3,5-6,12,16H,4,7-8,10-11,22H2,1H3/t16-/m1/s1. The Labute approximate surface area is 156 Å². The third kappa shape index (κ3) is 3.09. The molecule has 7 nitrogen and oxygen atoms in total. The van der Waals surface area contributed by atoms with E-state index in [-0.39, 0.29) is 18.1 Å².